The minimum Gasteiger partial charge on any atom is -0.493 e. The van der Waals surface area contributed by atoms with Crippen LogP contribution < -0.4 is 14.8 Å². The summed E-state index contributed by atoms with van der Waals surface area (Å²) in [5, 5.41) is 3.95. The molecule has 0 atom stereocenters. The van der Waals surface area contributed by atoms with E-state index in [0.717, 1.165) is 22.2 Å². The minimum absolute atomic E-state index is 0.0360. The number of carbonyl (C=O) groups is 1. The maximum Gasteiger partial charge on any atom is 0.224 e. The van der Waals surface area contributed by atoms with Gasteiger partial charge in [-0.2, -0.15) is 0 Å². The van der Waals surface area contributed by atoms with Gasteiger partial charge in [-0.3, -0.25) is 4.79 Å². The lowest BCUT2D eigenvalue weighted by molar-refractivity contribution is -0.120. The number of hydrogen-bond donors (Lipinski definition) is 1. The summed E-state index contributed by atoms with van der Waals surface area (Å²) in [6.07, 6.45) is 4.02. The van der Waals surface area contributed by atoms with Gasteiger partial charge in [-0.25, -0.2) is 4.98 Å². The van der Waals surface area contributed by atoms with E-state index in [-0.39, 0.29) is 5.91 Å². The largest absolute Gasteiger partial charge is 0.493 e. The summed E-state index contributed by atoms with van der Waals surface area (Å²) in [5.74, 6) is 1.28. The third-order valence-corrected chi connectivity index (χ3v) is 4.10. The van der Waals surface area contributed by atoms with Gasteiger partial charge in [-0.15, -0.1) is 0 Å². The monoisotopic (exact) mass is 339 g/mol. The van der Waals surface area contributed by atoms with Crippen LogP contribution in [0.5, 0.6) is 11.5 Å². The Morgan fingerprint density at radius 2 is 2.00 bits per heavy atom. The fourth-order valence-corrected chi connectivity index (χ4v) is 2.86. The zero-order valence-corrected chi connectivity index (χ0v) is 14.6. The van der Waals surface area contributed by atoms with Crippen LogP contribution in [0.4, 0.5) is 0 Å². The Balaban J connectivity index is 1.67. The normalized spacial score (nSPS) is 10.7. The lowest BCUT2D eigenvalue weighted by Crippen LogP contribution is -2.24. The topological polar surface area (TPSA) is 65.4 Å². The standard InChI is InChI=1S/C19H21N3O3/c1-22-12-14(15-5-4-8-20-19(15)22)10-18(23)21-11-13-6-7-16(24-2)17(9-13)25-3/h4-9,12H,10-11H2,1-3H3,(H,21,23). The average molecular weight is 339 g/mol. The number of methoxy groups -OCH3 is 2. The molecule has 6 nitrogen and oxygen atoms in total. The molecular formula is C19H21N3O3. The van der Waals surface area contributed by atoms with Crippen molar-refractivity contribution in [3.63, 3.8) is 0 Å². The molecule has 3 aromatic rings. The Kier molecular flexibility index (Phi) is 4.88. The first-order chi connectivity index (χ1) is 12.1. The molecule has 2 heterocycles. The molecule has 0 bridgehead atoms. The van der Waals surface area contributed by atoms with Crippen molar-refractivity contribution >= 4 is 16.9 Å². The third-order valence-electron chi connectivity index (χ3n) is 4.10. The summed E-state index contributed by atoms with van der Waals surface area (Å²) in [7, 11) is 5.12. The van der Waals surface area contributed by atoms with E-state index in [9.17, 15) is 4.79 Å². The first-order valence-electron chi connectivity index (χ1n) is 7.99. The number of nitrogens with one attached hydrogen (secondary N) is 1. The van der Waals surface area contributed by atoms with Crippen LogP contribution in [0.25, 0.3) is 11.0 Å². The summed E-state index contributed by atoms with van der Waals surface area (Å²) < 4.78 is 12.4. The molecule has 0 saturated heterocycles. The van der Waals surface area contributed by atoms with Gasteiger partial charge in [0, 0.05) is 31.4 Å². The molecule has 0 fully saturated rings. The van der Waals surface area contributed by atoms with E-state index in [2.05, 4.69) is 10.3 Å². The molecular weight excluding hydrogens is 318 g/mol. The summed E-state index contributed by atoms with van der Waals surface area (Å²) in [6, 6.07) is 9.47. The van der Waals surface area contributed by atoms with Crippen LogP contribution >= 0.6 is 0 Å². The number of carbonyl (C=O) groups excluding carboxylic acids is 1. The number of fused-ring (bicyclic) bond motifs is 1. The van der Waals surface area contributed by atoms with E-state index >= 15 is 0 Å². The molecule has 0 spiro atoms. The van der Waals surface area contributed by atoms with E-state index in [4.69, 9.17) is 9.47 Å². The van der Waals surface area contributed by atoms with Gasteiger partial charge in [0.2, 0.25) is 5.91 Å². The summed E-state index contributed by atoms with van der Waals surface area (Å²) in [4.78, 5) is 16.7. The van der Waals surface area contributed by atoms with E-state index in [1.807, 2.05) is 48.1 Å². The summed E-state index contributed by atoms with van der Waals surface area (Å²) in [5.41, 5.74) is 2.80. The van der Waals surface area contributed by atoms with Gasteiger partial charge in [-0.05, 0) is 35.4 Å². The molecule has 0 unspecified atom stereocenters. The maximum atomic E-state index is 12.3. The number of pyridine rings is 1. The highest BCUT2D eigenvalue weighted by Gasteiger charge is 2.11. The van der Waals surface area contributed by atoms with Gasteiger partial charge in [0.05, 0.1) is 20.6 Å². The first-order valence-corrected chi connectivity index (χ1v) is 7.99. The van der Waals surface area contributed by atoms with Crippen molar-refractivity contribution in [1.82, 2.24) is 14.9 Å². The number of benzene rings is 1. The number of nitrogens with zero attached hydrogens (tertiary/aromatic N) is 2. The quantitative estimate of drug-likeness (QED) is 0.749. The van der Waals surface area contributed by atoms with Gasteiger partial charge in [0.25, 0.3) is 0 Å². The van der Waals surface area contributed by atoms with Crippen molar-refractivity contribution < 1.29 is 14.3 Å². The van der Waals surface area contributed by atoms with Crippen LogP contribution in [0.1, 0.15) is 11.1 Å². The van der Waals surface area contributed by atoms with Crippen LogP contribution in [0.15, 0.2) is 42.7 Å². The van der Waals surface area contributed by atoms with Crippen molar-refractivity contribution in [1.29, 1.82) is 0 Å². The molecule has 0 radical (unpaired) electrons. The second kappa shape index (κ2) is 7.25. The van der Waals surface area contributed by atoms with E-state index in [1.54, 1.807) is 20.4 Å². The second-order valence-electron chi connectivity index (χ2n) is 5.78. The van der Waals surface area contributed by atoms with Gasteiger partial charge in [0.15, 0.2) is 11.5 Å². The average Bonchev–Trinajstić information content (AvgIpc) is 2.95. The fraction of sp³-hybridized carbons (Fsp3) is 0.263. The van der Waals surface area contributed by atoms with E-state index < -0.39 is 0 Å². The maximum absolute atomic E-state index is 12.3. The molecule has 0 aliphatic rings. The second-order valence-corrected chi connectivity index (χ2v) is 5.78. The SMILES string of the molecule is COc1ccc(CNC(=O)Cc2cn(C)c3ncccc23)cc1OC. The van der Waals surface area contributed by atoms with Crippen LogP contribution in [0.2, 0.25) is 0 Å². The van der Waals surface area contributed by atoms with Crippen molar-refractivity contribution in [2.45, 2.75) is 13.0 Å². The number of aryl methyl sites for hydroxylation is 1. The lowest BCUT2D eigenvalue weighted by atomic mass is 10.1. The van der Waals surface area contributed by atoms with Gasteiger partial charge in [0.1, 0.15) is 5.65 Å². The van der Waals surface area contributed by atoms with Crippen LogP contribution in [0.3, 0.4) is 0 Å². The van der Waals surface area contributed by atoms with Crippen LogP contribution in [-0.4, -0.2) is 29.7 Å². The number of ether oxygens (including phenoxy) is 2. The molecule has 2 aromatic heterocycles. The Hall–Kier alpha value is -3.02. The third kappa shape index (κ3) is 3.57. The molecule has 3 rings (SSSR count). The zero-order chi connectivity index (χ0) is 17.8. The molecule has 130 valence electrons. The van der Waals surface area contributed by atoms with Crippen molar-refractivity contribution in [2.24, 2.45) is 7.05 Å². The Morgan fingerprint density at radius 1 is 1.20 bits per heavy atom. The molecule has 25 heavy (non-hydrogen) atoms. The van der Waals surface area contributed by atoms with Gasteiger partial charge >= 0.3 is 0 Å². The summed E-state index contributed by atoms with van der Waals surface area (Å²) in [6.45, 7) is 0.433. The van der Waals surface area contributed by atoms with E-state index in [1.165, 1.54) is 0 Å². The zero-order valence-electron chi connectivity index (χ0n) is 14.6. The number of amides is 1. The summed E-state index contributed by atoms with van der Waals surface area (Å²) >= 11 is 0. The van der Waals surface area contributed by atoms with Gasteiger partial charge < -0.3 is 19.4 Å². The number of rotatable bonds is 6. The predicted octanol–water partition coefficient (Wildman–Crippen LogP) is 2.45. The molecule has 0 aliphatic carbocycles. The smallest absolute Gasteiger partial charge is 0.224 e. The van der Waals surface area contributed by atoms with Crippen LogP contribution in [0, 0.1) is 0 Å². The minimum atomic E-state index is -0.0360. The Labute approximate surface area is 146 Å². The fourth-order valence-electron chi connectivity index (χ4n) is 2.86. The highest BCUT2D eigenvalue weighted by Crippen LogP contribution is 2.27. The van der Waals surface area contributed by atoms with E-state index in [0.29, 0.717) is 24.5 Å². The number of aromatic nitrogens is 2. The van der Waals surface area contributed by atoms with Crippen LogP contribution in [-0.2, 0) is 24.8 Å². The Bertz CT molecular complexity index is 902. The Morgan fingerprint density at radius 3 is 2.76 bits per heavy atom. The lowest BCUT2D eigenvalue weighted by Gasteiger charge is -2.10. The van der Waals surface area contributed by atoms with Gasteiger partial charge in [-0.1, -0.05) is 6.07 Å². The first kappa shape index (κ1) is 16.8. The molecule has 1 amide bonds. The molecule has 0 saturated carbocycles. The molecule has 6 heteroatoms. The highest BCUT2D eigenvalue weighted by molar-refractivity contribution is 5.87. The molecule has 1 N–H and O–H groups in total. The number of hydrogen-bond acceptors (Lipinski definition) is 4. The highest BCUT2D eigenvalue weighted by atomic mass is 16.5. The van der Waals surface area contributed by atoms with Crippen molar-refractivity contribution in [3.05, 3.63) is 53.9 Å². The predicted molar refractivity (Wildman–Crippen MR) is 95.8 cm³/mol. The van der Waals surface area contributed by atoms with Crippen molar-refractivity contribution in [2.75, 3.05) is 14.2 Å². The van der Waals surface area contributed by atoms with Crippen molar-refractivity contribution in [3.8, 4) is 11.5 Å². The molecule has 0 aliphatic heterocycles. The molecule has 1 aromatic carbocycles.